The SMILES string of the molecule is Cn1cc([N+](=O)[O-])c(C(=O)Nc2nc3ccccc3n2C)n1. The number of carbonyl (C=O) groups is 1. The number of rotatable bonds is 3. The number of imidazole rings is 1. The van der Waals surface area contributed by atoms with Crippen LogP contribution in [0, 0.1) is 10.1 Å². The summed E-state index contributed by atoms with van der Waals surface area (Å²) in [7, 11) is 3.26. The van der Waals surface area contributed by atoms with E-state index in [-0.39, 0.29) is 11.4 Å². The van der Waals surface area contributed by atoms with Crippen LogP contribution in [-0.2, 0) is 14.1 Å². The van der Waals surface area contributed by atoms with Gasteiger partial charge in [-0.05, 0) is 12.1 Å². The Balaban J connectivity index is 1.97. The molecule has 0 saturated heterocycles. The van der Waals surface area contributed by atoms with Gasteiger partial charge in [-0.3, -0.25) is 24.9 Å². The number of hydrogen-bond acceptors (Lipinski definition) is 5. The van der Waals surface area contributed by atoms with Gasteiger partial charge in [0.15, 0.2) is 0 Å². The first-order chi connectivity index (χ1) is 10.5. The fourth-order valence-corrected chi connectivity index (χ4v) is 2.19. The number of amides is 1. The van der Waals surface area contributed by atoms with Crippen LogP contribution in [0.15, 0.2) is 30.5 Å². The molecule has 22 heavy (non-hydrogen) atoms. The van der Waals surface area contributed by atoms with Crippen molar-refractivity contribution in [3.05, 3.63) is 46.3 Å². The van der Waals surface area contributed by atoms with Gasteiger partial charge in [-0.1, -0.05) is 12.1 Å². The molecule has 9 heteroatoms. The normalized spacial score (nSPS) is 10.8. The molecule has 0 bridgehead atoms. The minimum Gasteiger partial charge on any atom is -0.313 e. The summed E-state index contributed by atoms with van der Waals surface area (Å²) in [6.45, 7) is 0. The molecule has 112 valence electrons. The van der Waals surface area contributed by atoms with Crippen LogP contribution in [0.5, 0.6) is 0 Å². The van der Waals surface area contributed by atoms with Gasteiger partial charge in [0, 0.05) is 14.1 Å². The lowest BCUT2D eigenvalue weighted by Gasteiger charge is -2.03. The van der Waals surface area contributed by atoms with E-state index in [0.29, 0.717) is 5.95 Å². The number of nitro groups is 1. The lowest BCUT2D eigenvalue weighted by atomic mass is 10.3. The first kappa shape index (κ1) is 13.7. The van der Waals surface area contributed by atoms with E-state index < -0.39 is 10.8 Å². The minimum atomic E-state index is -0.675. The number of benzene rings is 1. The highest BCUT2D eigenvalue weighted by molar-refractivity contribution is 6.05. The Bertz CT molecular complexity index is 894. The van der Waals surface area contributed by atoms with Crippen LogP contribution in [0.2, 0.25) is 0 Å². The first-order valence-electron chi connectivity index (χ1n) is 6.38. The van der Waals surface area contributed by atoms with Gasteiger partial charge >= 0.3 is 5.69 Å². The molecule has 1 amide bonds. The maximum Gasteiger partial charge on any atom is 0.320 e. The molecular formula is C13H12N6O3. The Hall–Kier alpha value is -3.23. The second-order valence-corrected chi connectivity index (χ2v) is 4.73. The molecule has 0 aliphatic heterocycles. The number of para-hydroxylation sites is 2. The van der Waals surface area contributed by atoms with Crippen molar-refractivity contribution in [3.63, 3.8) is 0 Å². The Kier molecular flexibility index (Phi) is 3.09. The number of fused-ring (bicyclic) bond motifs is 1. The Labute approximate surface area is 124 Å². The molecule has 0 spiro atoms. The third-order valence-corrected chi connectivity index (χ3v) is 3.23. The number of carbonyl (C=O) groups excluding carboxylic acids is 1. The third kappa shape index (κ3) is 2.18. The minimum absolute atomic E-state index is 0.250. The Morgan fingerprint density at radius 3 is 2.73 bits per heavy atom. The molecule has 2 aromatic heterocycles. The van der Waals surface area contributed by atoms with E-state index in [1.165, 1.54) is 17.9 Å². The van der Waals surface area contributed by atoms with Gasteiger partial charge in [0.05, 0.1) is 16.0 Å². The molecule has 0 radical (unpaired) electrons. The number of hydrogen-bond donors (Lipinski definition) is 1. The molecule has 2 heterocycles. The zero-order valence-electron chi connectivity index (χ0n) is 11.8. The molecule has 0 fully saturated rings. The maximum atomic E-state index is 12.2. The van der Waals surface area contributed by atoms with Gasteiger partial charge < -0.3 is 4.57 Å². The topological polar surface area (TPSA) is 108 Å². The van der Waals surface area contributed by atoms with E-state index in [1.807, 2.05) is 24.3 Å². The summed E-state index contributed by atoms with van der Waals surface area (Å²) in [5.74, 6) is -0.378. The predicted molar refractivity (Wildman–Crippen MR) is 78.5 cm³/mol. The van der Waals surface area contributed by atoms with E-state index in [1.54, 1.807) is 11.6 Å². The summed E-state index contributed by atoms with van der Waals surface area (Å²) in [6, 6.07) is 7.37. The highest BCUT2D eigenvalue weighted by Gasteiger charge is 2.26. The first-order valence-corrected chi connectivity index (χ1v) is 6.38. The summed E-state index contributed by atoms with van der Waals surface area (Å²) in [6.07, 6.45) is 1.18. The van der Waals surface area contributed by atoms with Crippen LogP contribution in [0.3, 0.4) is 0 Å². The van der Waals surface area contributed by atoms with Gasteiger partial charge in [-0.2, -0.15) is 5.10 Å². The van der Waals surface area contributed by atoms with Crippen molar-refractivity contribution in [1.29, 1.82) is 0 Å². The van der Waals surface area contributed by atoms with E-state index >= 15 is 0 Å². The predicted octanol–water partition coefficient (Wildman–Crippen LogP) is 1.47. The average molecular weight is 300 g/mol. The maximum absolute atomic E-state index is 12.2. The highest BCUT2D eigenvalue weighted by atomic mass is 16.6. The third-order valence-electron chi connectivity index (χ3n) is 3.23. The summed E-state index contributed by atoms with van der Waals surface area (Å²) in [5.41, 5.74) is 0.961. The van der Waals surface area contributed by atoms with Gasteiger partial charge in [0.1, 0.15) is 6.20 Å². The monoisotopic (exact) mass is 300 g/mol. The average Bonchev–Trinajstić information content (AvgIpc) is 3.01. The zero-order valence-corrected chi connectivity index (χ0v) is 11.8. The molecule has 9 nitrogen and oxygen atoms in total. The van der Waals surface area contributed by atoms with Gasteiger partial charge in [-0.25, -0.2) is 4.98 Å². The highest BCUT2D eigenvalue weighted by Crippen LogP contribution is 2.20. The second-order valence-electron chi connectivity index (χ2n) is 4.73. The van der Waals surface area contributed by atoms with Crippen LogP contribution >= 0.6 is 0 Å². The van der Waals surface area contributed by atoms with Crippen LogP contribution in [0.1, 0.15) is 10.5 Å². The van der Waals surface area contributed by atoms with Crippen LogP contribution in [0.4, 0.5) is 11.6 Å². The molecular weight excluding hydrogens is 288 g/mol. The molecule has 0 aliphatic carbocycles. The summed E-state index contributed by atoms with van der Waals surface area (Å²) in [5, 5.41) is 17.3. The standard InChI is InChI=1S/C13H12N6O3/c1-17-7-10(19(21)22)11(16-17)12(20)15-13-14-8-5-3-4-6-9(8)18(13)2/h3-7H,1-2H3,(H,14,15,20). The Morgan fingerprint density at radius 2 is 2.05 bits per heavy atom. The lowest BCUT2D eigenvalue weighted by molar-refractivity contribution is -0.385. The van der Waals surface area contributed by atoms with Crippen LogP contribution < -0.4 is 5.32 Å². The number of aryl methyl sites for hydroxylation is 2. The number of anilines is 1. The van der Waals surface area contributed by atoms with Crippen molar-refractivity contribution >= 4 is 28.6 Å². The van der Waals surface area contributed by atoms with Crippen molar-refractivity contribution in [2.24, 2.45) is 14.1 Å². The van der Waals surface area contributed by atoms with Gasteiger partial charge in [0.2, 0.25) is 11.6 Å². The van der Waals surface area contributed by atoms with Gasteiger partial charge in [-0.15, -0.1) is 0 Å². The summed E-state index contributed by atoms with van der Waals surface area (Å²) < 4.78 is 2.92. The van der Waals surface area contributed by atoms with E-state index in [2.05, 4.69) is 15.4 Å². The van der Waals surface area contributed by atoms with Crippen molar-refractivity contribution < 1.29 is 9.72 Å². The summed E-state index contributed by atoms with van der Waals surface area (Å²) >= 11 is 0. The number of nitrogens with zero attached hydrogens (tertiary/aromatic N) is 5. The summed E-state index contributed by atoms with van der Waals surface area (Å²) in [4.78, 5) is 26.8. The van der Waals surface area contributed by atoms with Crippen molar-refractivity contribution in [1.82, 2.24) is 19.3 Å². The number of nitrogens with one attached hydrogen (secondary N) is 1. The second kappa shape index (κ2) is 4.95. The fraction of sp³-hybridized carbons (Fsp3) is 0.154. The molecule has 3 rings (SSSR count). The molecule has 1 N–H and O–H groups in total. The van der Waals surface area contributed by atoms with Crippen LogP contribution in [0.25, 0.3) is 11.0 Å². The number of aromatic nitrogens is 4. The van der Waals surface area contributed by atoms with Crippen LogP contribution in [-0.4, -0.2) is 30.2 Å². The molecule has 0 unspecified atom stereocenters. The molecule has 0 atom stereocenters. The van der Waals surface area contributed by atoms with Gasteiger partial charge in [0.25, 0.3) is 5.91 Å². The zero-order chi connectivity index (χ0) is 15.9. The fourth-order valence-electron chi connectivity index (χ4n) is 2.19. The Morgan fingerprint density at radius 1 is 1.32 bits per heavy atom. The van der Waals surface area contributed by atoms with E-state index in [9.17, 15) is 14.9 Å². The molecule has 0 aliphatic rings. The quantitative estimate of drug-likeness (QED) is 0.582. The van der Waals surface area contributed by atoms with E-state index in [0.717, 1.165) is 11.0 Å². The van der Waals surface area contributed by atoms with E-state index in [4.69, 9.17) is 0 Å². The molecule has 1 aromatic carbocycles. The van der Waals surface area contributed by atoms with Crippen molar-refractivity contribution in [3.8, 4) is 0 Å². The smallest absolute Gasteiger partial charge is 0.313 e. The molecule has 0 saturated carbocycles. The molecule has 3 aromatic rings. The van der Waals surface area contributed by atoms with Crippen molar-refractivity contribution in [2.75, 3.05) is 5.32 Å². The van der Waals surface area contributed by atoms with Crippen molar-refractivity contribution in [2.45, 2.75) is 0 Å². The largest absolute Gasteiger partial charge is 0.320 e. The lowest BCUT2D eigenvalue weighted by Crippen LogP contribution is -2.17.